The maximum absolute atomic E-state index is 11.6. The molecule has 0 aromatic rings. The van der Waals surface area contributed by atoms with E-state index in [1.165, 1.54) is 13.0 Å². The van der Waals surface area contributed by atoms with Gasteiger partial charge in [-0.2, -0.15) is 0 Å². The first-order chi connectivity index (χ1) is 13.7. The fourth-order valence-electron chi connectivity index (χ4n) is 3.31. The van der Waals surface area contributed by atoms with Crippen LogP contribution < -0.4 is 11.1 Å². The summed E-state index contributed by atoms with van der Waals surface area (Å²) in [6, 6.07) is -1.07. The number of carbonyl (C=O) groups is 1. The van der Waals surface area contributed by atoms with E-state index in [4.69, 9.17) is 24.7 Å². The number of nitrogens with two attached hydrogens (primary N) is 1. The molecular formula is C17H30N2O10. The average molecular weight is 422 g/mol. The highest BCUT2D eigenvalue weighted by atomic mass is 16.7. The zero-order valence-corrected chi connectivity index (χ0v) is 16.0. The molecule has 12 heteroatoms. The summed E-state index contributed by atoms with van der Waals surface area (Å²) in [5.74, 6) is -0.471. The lowest BCUT2D eigenvalue weighted by atomic mass is 9.95. The number of carbonyl (C=O) groups excluding carboxylic acids is 1. The Balaban J connectivity index is 2.20. The molecule has 0 aromatic carbocycles. The van der Waals surface area contributed by atoms with Gasteiger partial charge in [-0.3, -0.25) is 4.79 Å². The van der Waals surface area contributed by atoms with Crippen LogP contribution in [-0.2, 0) is 23.7 Å². The average Bonchev–Trinajstić information content (AvgIpc) is 2.69. The Kier molecular flexibility index (Phi) is 8.91. The largest absolute Gasteiger partial charge is 0.394 e. The van der Waals surface area contributed by atoms with Gasteiger partial charge >= 0.3 is 0 Å². The number of hydrogen-bond acceptors (Lipinski definition) is 11. The minimum Gasteiger partial charge on any atom is -0.394 e. The normalized spacial score (nSPS) is 43.0. The van der Waals surface area contributed by atoms with Crippen LogP contribution in [0.5, 0.6) is 0 Å². The number of rotatable bonds is 8. The highest BCUT2D eigenvalue weighted by molar-refractivity contribution is 5.73. The molecular weight excluding hydrogens is 392 g/mol. The maximum Gasteiger partial charge on any atom is 0.217 e. The Morgan fingerprint density at radius 3 is 2.31 bits per heavy atom. The van der Waals surface area contributed by atoms with Gasteiger partial charge in [-0.05, 0) is 0 Å². The molecule has 2 rings (SSSR count). The first-order valence-electron chi connectivity index (χ1n) is 9.24. The summed E-state index contributed by atoms with van der Waals surface area (Å²) < 4.78 is 22.0. The molecule has 2 aliphatic rings. The minimum absolute atomic E-state index is 0.0594. The Labute approximate surface area is 167 Å². The molecule has 2 saturated heterocycles. The zero-order valence-electron chi connectivity index (χ0n) is 16.0. The van der Waals surface area contributed by atoms with Crippen molar-refractivity contribution in [2.75, 3.05) is 19.8 Å². The molecule has 2 fully saturated rings. The number of amides is 1. The molecule has 168 valence electrons. The van der Waals surface area contributed by atoms with E-state index >= 15 is 0 Å². The van der Waals surface area contributed by atoms with Gasteiger partial charge in [0.25, 0.3) is 0 Å². The second-order valence-corrected chi connectivity index (χ2v) is 6.92. The second-order valence-electron chi connectivity index (χ2n) is 6.92. The first-order valence-corrected chi connectivity index (χ1v) is 9.24. The Morgan fingerprint density at radius 1 is 1.10 bits per heavy atom. The lowest BCUT2D eigenvalue weighted by molar-refractivity contribution is -0.344. The lowest BCUT2D eigenvalue weighted by Crippen LogP contribution is -2.67. The van der Waals surface area contributed by atoms with Crippen molar-refractivity contribution in [3.05, 3.63) is 12.7 Å². The van der Waals surface area contributed by atoms with Crippen LogP contribution in [0.4, 0.5) is 0 Å². The third-order valence-electron chi connectivity index (χ3n) is 4.79. The predicted octanol–water partition coefficient (Wildman–Crippen LogP) is -4.08. The van der Waals surface area contributed by atoms with E-state index < -0.39 is 73.9 Å². The van der Waals surface area contributed by atoms with Gasteiger partial charge in [0.05, 0.1) is 13.2 Å². The van der Waals surface area contributed by atoms with Gasteiger partial charge < -0.3 is 55.5 Å². The molecule has 12 nitrogen and oxygen atoms in total. The topological polar surface area (TPSA) is 193 Å². The van der Waals surface area contributed by atoms with E-state index in [9.17, 15) is 30.3 Å². The van der Waals surface area contributed by atoms with E-state index in [0.29, 0.717) is 0 Å². The van der Waals surface area contributed by atoms with Crippen molar-refractivity contribution in [3.8, 4) is 0 Å². The van der Waals surface area contributed by atoms with Gasteiger partial charge in [-0.25, -0.2) is 0 Å². The molecule has 10 atom stereocenters. The van der Waals surface area contributed by atoms with Crippen molar-refractivity contribution in [1.82, 2.24) is 5.32 Å². The summed E-state index contributed by atoms with van der Waals surface area (Å²) in [6.07, 6.45) is -10.7. The Bertz CT molecular complexity index is 550. The maximum atomic E-state index is 11.6. The molecule has 0 unspecified atom stereocenters. The molecule has 0 spiro atoms. The monoisotopic (exact) mass is 422 g/mol. The fourth-order valence-corrected chi connectivity index (χ4v) is 3.31. The van der Waals surface area contributed by atoms with Gasteiger partial charge in [0, 0.05) is 13.5 Å². The van der Waals surface area contributed by atoms with Gasteiger partial charge in [-0.15, -0.1) is 6.58 Å². The van der Waals surface area contributed by atoms with Crippen molar-refractivity contribution in [3.63, 3.8) is 0 Å². The number of nitrogens with one attached hydrogen (secondary N) is 1. The zero-order chi connectivity index (χ0) is 21.7. The summed E-state index contributed by atoms with van der Waals surface area (Å²) in [6.45, 7) is 4.06. The van der Waals surface area contributed by atoms with Gasteiger partial charge in [0.1, 0.15) is 48.8 Å². The molecule has 29 heavy (non-hydrogen) atoms. The van der Waals surface area contributed by atoms with Crippen molar-refractivity contribution < 1.29 is 49.3 Å². The molecule has 2 aliphatic heterocycles. The first kappa shape index (κ1) is 24.1. The third kappa shape index (κ3) is 5.49. The molecule has 8 N–H and O–H groups in total. The molecule has 0 saturated carbocycles. The highest BCUT2D eigenvalue weighted by Gasteiger charge is 2.51. The van der Waals surface area contributed by atoms with E-state index in [-0.39, 0.29) is 13.2 Å². The van der Waals surface area contributed by atoms with E-state index in [2.05, 4.69) is 11.9 Å². The van der Waals surface area contributed by atoms with Crippen molar-refractivity contribution in [2.45, 2.75) is 68.3 Å². The van der Waals surface area contributed by atoms with E-state index in [0.717, 1.165) is 0 Å². The molecule has 0 aliphatic carbocycles. The Morgan fingerprint density at radius 2 is 1.76 bits per heavy atom. The lowest BCUT2D eigenvalue weighted by Gasteiger charge is -2.47. The SMILES string of the molecule is C=CCO[C@H]1O[C@H](CO)[C@@H](O[C@@H]2O[C@H](CN)[C@H](O)[C@H](O)[C@H]2O)[C@H](O)[C@H]1NC(C)=O. The van der Waals surface area contributed by atoms with Gasteiger partial charge in [0.2, 0.25) is 5.91 Å². The second kappa shape index (κ2) is 10.7. The fraction of sp³-hybridized carbons (Fsp3) is 0.824. The predicted molar refractivity (Wildman–Crippen MR) is 96.1 cm³/mol. The quantitative estimate of drug-likeness (QED) is 0.188. The number of aliphatic hydroxyl groups is 5. The molecule has 0 aromatic heterocycles. The van der Waals surface area contributed by atoms with Crippen LogP contribution in [0.3, 0.4) is 0 Å². The third-order valence-corrected chi connectivity index (χ3v) is 4.79. The smallest absolute Gasteiger partial charge is 0.217 e. The number of aliphatic hydroxyl groups excluding tert-OH is 5. The van der Waals surface area contributed by atoms with Crippen LogP contribution in [0.2, 0.25) is 0 Å². The van der Waals surface area contributed by atoms with Gasteiger partial charge in [0.15, 0.2) is 12.6 Å². The van der Waals surface area contributed by atoms with Crippen molar-refractivity contribution >= 4 is 5.91 Å². The standard InChI is InChI=1S/C17H30N2O10/c1-3-4-26-16-10(19-7(2)21)12(23)15(9(6-20)28-16)29-17-14(25)13(24)11(22)8(5-18)27-17/h3,8-17,20,22-25H,1,4-6,18H2,2H3,(H,19,21)/t8-,9-,10-,11+,12-,13+,14-,15-,16+,17+/m1/s1. The van der Waals surface area contributed by atoms with Crippen LogP contribution in [0.1, 0.15) is 6.92 Å². The number of ether oxygens (including phenoxy) is 4. The van der Waals surface area contributed by atoms with Crippen LogP contribution >= 0.6 is 0 Å². The highest BCUT2D eigenvalue weighted by Crippen LogP contribution is 2.29. The van der Waals surface area contributed by atoms with Crippen molar-refractivity contribution in [1.29, 1.82) is 0 Å². The molecule has 0 radical (unpaired) electrons. The summed E-state index contributed by atoms with van der Waals surface area (Å²) in [5.41, 5.74) is 5.50. The summed E-state index contributed by atoms with van der Waals surface area (Å²) in [7, 11) is 0. The Hall–Kier alpha value is -1.19. The summed E-state index contributed by atoms with van der Waals surface area (Å²) in [5, 5.41) is 53.1. The van der Waals surface area contributed by atoms with Crippen LogP contribution in [0.25, 0.3) is 0 Å². The molecule has 1 amide bonds. The molecule has 2 heterocycles. The van der Waals surface area contributed by atoms with Crippen LogP contribution in [0, 0.1) is 0 Å². The van der Waals surface area contributed by atoms with Crippen molar-refractivity contribution in [2.24, 2.45) is 5.73 Å². The van der Waals surface area contributed by atoms with Crippen LogP contribution in [0.15, 0.2) is 12.7 Å². The van der Waals surface area contributed by atoms with E-state index in [1.807, 2.05) is 0 Å². The summed E-state index contributed by atoms with van der Waals surface area (Å²) >= 11 is 0. The van der Waals surface area contributed by atoms with Gasteiger partial charge in [-0.1, -0.05) is 6.08 Å². The number of hydrogen-bond donors (Lipinski definition) is 7. The summed E-state index contributed by atoms with van der Waals surface area (Å²) in [4.78, 5) is 11.6. The van der Waals surface area contributed by atoms with E-state index in [1.54, 1.807) is 0 Å². The minimum atomic E-state index is -1.66. The molecule has 0 bridgehead atoms. The van der Waals surface area contributed by atoms with Crippen LogP contribution in [-0.4, -0.2) is 113 Å².